The van der Waals surface area contributed by atoms with E-state index in [-0.39, 0.29) is 11.6 Å². The minimum Gasteiger partial charge on any atom is -0.405 e. The Morgan fingerprint density at radius 2 is 1.64 bits per heavy atom. The van der Waals surface area contributed by atoms with Crippen molar-refractivity contribution in [3.63, 3.8) is 0 Å². The minimum atomic E-state index is -4.84. The number of rotatable bonds is 3. The average Bonchev–Trinajstić information content (AvgIpc) is 3.16. The number of urea groups is 1. The number of alkyl halides is 3. The van der Waals surface area contributed by atoms with Crippen LogP contribution in [0.5, 0.6) is 5.75 Å². The van der Waals surface area contributed by atoms with Crippen LogP contribution in [0.3, 0.4) is 0 Å². The minimum absolute atomic E-state index is 0.0742. The molecule has 3 rings (SSSR count). The fraction of sp³-hybridized carbons (Fsp3) is 0.579. The Bertz CT molecular complexity index is 718. The van der Waals surface area contributed by atoms with E-state index >= 15 is 0 Å². The smallest absolute Gasteiger partial charge is 0.405 e. The van der Waals surface area contributed by atoms with E-state index in [2.05, 4.69) is 10.1 Å². The zero-order valence-corrected chi connectivity index (χ0v) is 15.7. The molecule has 1 aromatic rings. The van der Waals surface area contributed by atoms with Gasteiger partial charge in [-0.25, -0.2) is 4.79 Å². The highest BCUT2D eigenvalue weighted by molar-refractivity contribution is 5.97. The van der Waals surface area contributed by atoms with Crippen LogP contribution >= 0.6 is 0 Å². The lowest BCUT2D eigenvalue weighted by Crippen LogP contribution is -2.44. The Hall–Kier alpha value is -2.45. The number of nitrogens with one attached hydrogen (secondary N) is 1. The third-order valence-corrected chi connectivity index (χ3v) is 5.56. The first-order valence-electron chi connectivity index (χ1n) is 9.39. The summed E-state index contributed by atoms with van der Waals surface area (Å²) in [6.45, 7) is 2.39. The highest BCUT2D eigenvalue weighted by atomic mass is 19.4. The number of hydrogen-bond acceptors (Lipinski definition) is 3. The maximum atomic E-state index is 12.8. The van der Waals surface area contributed by atoms with E-state index in [0.29, 0.717) is 38.0 Å². The second kappa shape index (κ2) is 8.28. The van der Waals surface area contributed by atoms with Crippen molar-refractivity contribution in [3.8, 4) is 5.75 Å². The molecule has 3 amide bonds. The molecule has 1 unspecified atom stereocenters. The van der Waals surface area contributed by atoms with Gasteiger partial charge in [0.1, 0.15) is 5.75 Å². The lowest BCUT2D eigenvalue weighted by molar-refractivity contribution is -0.274. The van der Waals surface area contributed by atoms with Crippen molar-refractivity contribution in [1.82, 2.24) is 15.1 Å². The Morgan fingerprint density at radius 1 is 1.04 bits per heavy atom. The third kappa shape index (κ3) is 4.69. The van der Waals surface area contributed by atoms with E-state index in [9.17, 15) is 22.8 Å². The summed E-state index contributed by atoms with van der Waals surface area (Å²) in [5.74, 6) is -0.209. The molecule has 0 saturated carbocycles. The fourth-order valence-corrected chi connectivity index (χ4v) is 4.12. The van der Waals surface area contributed by atoms with E-state index in [1.165, 1.54) is 18.2 Å². The molecule has 1 atom stereocenters. The van der Waals surface area contributed by atoms with Crippen molar-refractivity contribution in [3.05, 3.63) is 29.8 Å². The average molecular weight is 399 g/mol. The van der Waals surface area contributed by atoms with E-state index < -0.39 is 18.0 Å². The molecule has 0 bridgehead atoms. The van der Waals surface area contributed by atoms with Gasteiger partial charge < -0.3 is 19.9 Å². The summed E-state index contributed by atoms with van der Waals surface area (Å²) in [5.41, 5.74) is -0.0742. The summed E-state index contributed by atoms with van der Waals surface area (Å²) in [5, 5.41) is 2.62. The van der Waals surface area contributed by atoms with Gasteiger partial charge in [-0.15, -0.1) is 13.2 Å². The van der Waals surface area contributed by atoms with Gasteiger partial charge in [0, 0.05) is 33.2 Å². The maximum Gasteiger partial charge on any atom is 0.573 e. The molecule has 0 aliphatic carbocycles. The van der Waals surface area contributed by atoms with E-state index in [0.717, 1.165) is 25.3 Å². The Balaban J connectivity index is 1.60. The molecule has 9 heteroatoms. The number of halogens is 3. The lowest BCUT2D eigenvalue weighted by atomic mass is 9.84. The molecule has 1 N–H and O–H groups in total. The molecule has 0 radical (unpaired) electrons. The second-order valence-corrected chi connectivity index (χ2v) is 7.22. The lowest BCUT2D eigenvalue weighted by Gasteiger charge is -2.34. The highest BCUT2D eigenvalue weighted by Crippen LogP contribution is 2.34. The predicted molar refractivity (Wildman–Crippen MR) is 95.9 cm³/mol. The van der Waals surface area contributed by atoms with Gasteiger partial charge in [0.15, 0.2) is 0 Å². The SMILES string of the molecule is CNC(=O)N1CCC(C2CCN(C(=O)c3ccccc3OC(F)(F)F)C2)CC1. The van der Waals surface area contributed by atoms with E-state index in [1.54, 1.807) is 16.8 Å². The Kier molecular flexibility index (Phi) is 6.00. The number of likely N-dealkylation sites (tertiary alicyclic amines) is 2. The number of amides is 3. The third-order valence-electron chi connectivity index (χ3n) is 5.56. The van der Waals surface area contributed by atoms with Crippen LogP contribution in [0.15, 0.2) is 24.3 Å². The standard InChI is InChI=1S/C19H24F3N3O3/c1-23-18(27)24-9-6-13(7-10-24)14-8-11-25(12-14)17(26)15-4-2-3-5-16(15)28-19(20,21)22/h2-5,13-14H,6-12H2,1H3,(H,23,27). The molecule has 0 spiro atoms. The zero-order chi connectivity index (χ0) is 20.3. The number of hydrogen-bond donors (Lipinski definition) is 1. The van der Waals surface area contributed by atoms with Crippen molar-refractivity contribution >= 4 is 11.9 Å². The number of para-hydroxylation sites is 1. The van der Waals surface area contributed by atoms with Crippen LogP contribution < -0.4 is 10.1 Å². The van der Waals surface area contributed by atoms with Crippen LogP contribution in [0, 0.1) is 11.8 Å². The number of carbonyl (C=O) groups is 2. The van der Waals surface area contributed by atoms with Gasteiger partial charge in [-0.05, 0) is 43.2 Å². The summed E-state index contributed by atoms with van der Waals surface area (Å²) >= 11 is 0. The van der Waals surface area contributed by atoms with Crippen LogP contribution in [0.4, 0.5) is 18.0 Å². The van der Waals surface area contributed by atoms with E-state index in [1.807, 2.05) is 0 Å². The Labute approximate surface area is 161 Å². The number of ether oxygens (including phenoxy) is 1. The van der Waals surface area contributed by atoms with Gasteiger partial charge in [-0.2, -0.15) is 0 Å². The number of carbonyl (C=O) groups excluding carboxylic acids is 2. The first-order chi connectivity index (χ1) is 13.3. The van der Waals surface area contributed by atoms with Crippen LogP contribution in [-0.2, 0) is 0 Å². The molecule has 28 heavy (non-hydrogen) atoms. The monoisotopic (exact) mass is 399 g/mol. The molecule has 2 aliphatic heterocycles. The summed E-state index contributed by atoms with van der Waals surface area (Å²) < 4.78 is 41.8. The largest absolute Gasteiger partial charge is 0.573 e. The zero-order valence-electron chi connectivity index (χ0n) is 15.7. The first kappa shape index (κ1) is 20.3. The van der Waals surface area contributed by atoms with Crippen molar-refractivity contribution in [1.29, 1.82) is 0 Å². The molecule has 1 aromatic carbocycles. The van der Waals surface area contributed by atoms with Crippen LogP contribution in [0.2, 0.25) is 0 Å². The molecule has 0 aromatic heterocycles. The van der Waals surface area contributed by atoms with E-state index in [4.69, 9.17) is 0 Å². The van der Waals surface area contributed by atoms with Gasteiger partial charge >= 0.3 is 12.4 Å². The van der Waals surface area contributed by atoms with Gasteiger partial charge in [0.05, 0.1) is 5.56 Å². The van der Waals surface area contributed by atoms with Crippen molar-refractivity contribution in [2.24, 2.45) is 11.8 Å². The van der Waals surface area contributed by atoms with Crippen molar-refractivity contribution < 1.29 is 27.5 Å². The summed E-state index contributed by atoms with van der Waals surface area (Å²) in [7, 11) is 1.61. The molecule has 154 valence electrons. The quantitative estimate of drug-likeness (QED) is 0.850. The number of benzene rings is 1. The summed E-state index contributed by atoms with van der Waals surface area (Å²) in [4.78, 5) is 27.9. The fourth-order valence-electron chi connectivity index (χ4n) is 4.12. The molecule has 2 aliphatic rings. The molecule has 2 saturated heterocycles. The molecular weight excluding hydrogens is 375 g/mol. The molecule has 6 nitrogen and oxygen atoms in total. The van der Waals surface area contributed by atoms with Gasteiger partial charge in [0.2, 0.25) is 0 Å². The topological polar surface area (TPSA) is 61.9 Å². The molecule has 2 fully saturated rings. The van der Waals surface area contributed by atoms with Crippen molar-refractivity contribution in [2.45, 2.75) is 25.6 Å². The van der Waals surface area contributed by atoms with Crippen LogP contribution in [-0.4, -0.2) is 61.3 Å². The second-order valence-electron chi connectivity index (χ2n) is 7.22. The normalized spacial score (nSPS) is 20.9. The first-order valence-corrected chi connectivity index (χ1v) is 9.39. The summed E-state index contributed by atoms with van der Waals surface area (Å²) in [6, 6.07) is 5.37. The predicted octanol–water partition coefficient (Wildman–Crippen LogP) is 3.10. The highest BCUT2D eigenvalue weighted by Gasteiger charge is 2.37. The number of nitrogens with zero attached hydrogens (tertiary/aromatic N) is 2. The molecule has 2 heterocycles. The number of piperidine rings is 1. The van der Waals surface area contributed by atoms with Gasteiger partial charge in [-0.1, -0.05) is 12.1 Å². The summed E-state index contributed by atoms with van der Waals surface area (Å²) in [6.07, 6.45) is -2.29. The van der Waals surface area contributed by atoms with Crippen LogP contribution in [0.25, 0.3) is 0 Å². The molecular formula is C19H24F3N3O3. The Morgan fingerprint density at radius 3 is 2.29 bits per heavy atom. The van der Waals surface area contributed by atoms with Gasteiger partial charge in [-0.3, -0.25) is 4.79 Å². The van der Waals surface area contributed by atoms with Gasteiger partial charge in [0.25, 0.3) is 5.91 Å². The van der Waals surface area contributed by atoms with Crippen LogP contribution in [0.1, 0.15) is 29.6 Å². The van der Waals surface area contributed by atoms with Crippen molar-refractivity contribution in [2.75, 3.05) is 33.2 Å². The maximum absolute atomic E-state index is 12.8.